The standard InChI is InChI=1S/C19H21ClN4O3/c20-14-5-3-13(4-6-14)16-10-18-23(19(26)7-8-24(18)22-16)12-17(25)21-11-15-2-1-9-27-15/h3-6,10,15H,1-2,7-9,11-12H2,(H,21,25)/t15-/m1/s1. The van der Waals surface area contributed by atoms with Crippen molar-refractivity contribution in [3.8, 4) is 11.3 Å². The lowest BCUT2D eigenvalue weighted by Crippen LogP contribution is -2.45. The van der Waals surface area contributed by atoms with Crippen LogP contribution in [0, 0.1) is 0 Å². The van der Waals surface area contributed by atoms with Crippen LogP contribution in [-0.2, 0) is 20.9 Å². The highest BCUT2D eigenvalue weighted by Gasteiger charge is 2.28. The number of carbonyl (C=O) groups is 2. The molecular weight excluding hydrogens is 368 g/mol. The van der Waals surface area contributed by atoms with Crippen LogP contribution >= 0.6 is 11.6 Å². The third-order valence-corrected chi connectivity index (χ3v) is 5.12. The molecule has 3 heterocycles. The van der Waals surface area contributed by atoms with Crippen LogP contribution in [0.25, 0.3) is 11.3 Å². The summed E-state index contributed by atoms with van der Waals surface area (Å²) in [6.07, 6.45) is 2.39. The van der Waals surface area contributed by atoms with Crippen molar-refractivity contribution in [3.63, 3.8) is 0 Å². The van der Waals surface area contributed by atoms with Crippen LogP contribution in [0.4, 0.5) is 5.82 Å². The van der Waals surface area contributed by atoms with Gasteiger partial charge in [0.05, 0.1) is 18.3 Å². The van der Waals surface area contributed by atoms with E-state index in [1.165, 1.54) is 4.90 Å². The molecule has 1 aromatic heterocycles. The summed E-state index contributed by atoms with van der Waals surface area (Å²) in [6.45, 7) is 1.72. The van der Waals surface area contributed by atoms with E-state index in [1.54, 1.807) is 16.8 Å². The molecule has 1 saturated heterocycles. The molecule has 1 aromatic carbocycles. The first kappa shape index (κ1) is 18.0. The number of hydrogen-bond acceptors (Lipinski definition) is 4. The van der Waals surface area contributed by atoms with Crippen LogP contribution in [0.3, 0.4) is 0 Å². The lowest BCUT2D eigenvalue weighted by atomic mass is 10.1. The van der Waals surface area contributed by atoms with Gasteiger partial charge in [-0.2, -0.15) is 5.10 Å². The van der Waals surface area contributed by atoms with Gasteiger partial charge in [0.2, 0.25) is 11.8 Å². The molecule has 0 bridgehead atoms. The number of ether oxygens (including phenoxy) is 1. The summed E-state index contributed by atoms with van der Waals surface area (Å²) in [5.74, 6) is 0.377. The summed E-state index contributed by atoms with van der Waals surface area (Å²) in [7, 11) is 0. The molecular formula is C19H21ClN4O3. The largest absolute Gasteiger partial charge is 0.376 e. The molecule has 2 amide bonds. The van der Waals surface area contributed by atoms with Crippen molar-refractivity contribution in [1.29, 1.82) is 0 Å². The topological polar surface area (TPSA) is 76.5 Å². The second-order valence-corrected chi connectivity index (χ2v) is 7.22. The maximum absolute atomic E-state index is 12.4. The zero-order chi connectivity index (χ0) is 18.8. The Hall–Kier alpha value is -2.38. The van der Waals surface area contributed by atoms with Gasteiger partial charge in [0.1, 0.15) is 12.4 Å². The molecule has 0 radical (unpaired) electrons. The SMILES string of the molecule is O=C(CN1C(=O)CCn2nc(-c3ccc(Cl)cc3)cc21)NC[C@H]1CCCO1. The second-order valence-electron chi connectivity index (χ2n) is 6.79. The van der Waals surface area contributed by atoms with Gasteiger partial charge in [0.25, 0.3) is 0 Å². The summed E-state index contributed by atoms with van der Waals surface area (Å²) < 4.78 is 7.29. The fourth-order valence-electron chi connectivity index (χ4n) is 3.42. The van der Waals surface area contributed by atoms with E-state index in [0.717, 1.165) is 30.7 Å². The van der Waals surface area contributed by atoms with Gasteiger partial charge in [-0.1, -0.05) is 23.7 Å². The number of nitrogens with zero attached hydrogens (tertiary/aromatic N) is 3. The van der Waals surface area contributed by atoms with Crippen LogP contribution in [0.5, 0.6) is 0 Å². The average Bonchev–Trinajstić information content (AvgIpc) is 3.33. The molecule has 1 N–H and O–H groups in total. The van der Waals surface area contributed by atoms with Crippen molar-refractivity contribution in [2.24, 2.45) is 0 Å². The van der Waals surface area contributed by atoms with Crippen molar-refractivity contribution in [2.45, 2.75) is 31.9 Å². The molecule has 142 valence electrons. The Balaban J connectivity index is 1.48. The Morgan fingerprint density at radius 3 is 2.89 bits per heavy atom. The summed E-state index contributed by atoms with van der Waals surface area (Å²) in [6, 6.07) is 9.22. The number of hydrogen-bond donors (Lipinski definition) is 1. The average molecular weight is 389 g/mol. The number of carbonyl (C=O) groups excluding carboxylic acids is 2. The van der Waals surface area contributed by atoms with Crippen molar-refractivity contribution >= 4 is 29.2 Å². The summed E-state index contributed by atoms with van der Waals surface area (Å²) in [5, 5.41) is 8.10. The number of amides is 2. The van der Waals surface area contributed by atoms with Crippen LogP contribution in [0.1, 0.15) is 19.3 Å². The molecule has 0 spiro atoms. The predicted molar refractivity (Wildman–Crippen MR) is 102 cm³/mol. The fraction of sp³-hybridized carbons (Fsp3) is 0.421. The Labute approximate surface area is 162 Å². The van der Waals surface area contributed by atoms with Gasteiger partial charge in [-0.3, -0.25) is 14.5 Å². The number of nitrogens with one attached hydrogen (secondary N) is 1. The number of benzene rings is 1. The smallest absolute Gasteiger partial charge is 0.240 e. The molecule has 0 unspecified atom stereocenters. The Bertz CT molecular complexity index is 843. The van der Waals surface area contributed by atoms with Crippen LogP contribution in [0.2, 0.25) is 5.02 Å². The number of rotatable bonds is 5. The van der Waals surface area contributed by atoms with Gasteiger partial charge in [0, 0.05) is 36.2 Å². The van der Waals surface area contributed by atoms with E-state index in [2.05, 4.69) is 10.4 Å². The number of aryl methyl sites for hydroxylation is 1. The number of halogens is 1. The molecule has 8 heteroatoms. The molecule has 2 aliphatic rings. The van der Waals surface area contributed by atoms with Gasteiger partial charge in [-0.05, 0) is 25.0 Å². The predicted octanol–water partition coefficient (Wildman–Crippen LogP) is 2.24. The Morgan fingerprint density at radius 2 is 2.15 bits per heavy atom. The number of anilines is 1. The first-order chi connectivity index (χ1) is 13.1. The molecule has 2 aliphatic heterocycles. The van der Waals surface area contributed by atoms with Gasteiger partial charge >= 0.3 is 0 Å². The van der Waals surface area contributed by atoms with Crippen molar-refractivity contribution < 1.29 is 14.3 Å². The molecule has 7 nitrogen and oxygen atoms in total. The molecule has 2 aromatic rings. The zero-order valence-corrected chi connectivity index (χ0v) is 15.6. The van der Waals surface area contributed by atoms with E-state index < -0.39 is 0 Å². The van der Waals surface area contributed by atoms with E-state index in [9.17, 15) is 9.59 Å². The van der Waals surface area contributed by atoms with E-state index >= 15 is 0 Å². The molecule has 1 atom stereocenters. The van der Waals surface area contributed by atoms with Gasteiger partial charge in [0.15, 0.2) is 0 Å². The van der Waals surface area contributed by atoms with Crippen LogP contribution in [0.15, 0.2) is 30.3 Å². The van der Waals surface area contributed by atoms with E-state index in [0.29, 0.717) is 30.4 Å². The quantitative estimate of drug-likeness (QED) is 0.852. The number of fused-ring (bicyclic) bond motifs is 1. The molecule has 0 aliphatic carbocycles. The fourth-order valence-corrected chi connectivity index (χ4v) is 3.54. The van der Waals surface area contributed by atoms with Crippen molar-refractivity contribution in [1.82, 2.24) is 15.1 Å². The Morgan fingerprint density at radius 1 is 1.33 bits per heavy atom. The molecule has 1 fully saturated rings. The van der Waals surface area contributed by atoms with Crippen LogP contribution in [-0.4, -0.2) is 47.4 Å². The third-order valence-electron chi connectivity index (χ3n) is 4.87. The summed E-state index contributed by atoms with van der Waals surface area (Å²) in [4.78, 5) is 26.2. The Kier molecular flexibility index (Phi) is 5.13. The number of aromatic nitrogens is 2. The zero-order valence-electron chi connectivity index (χ0n) is 14.9. The van der Waals surface area contributed by atoms with Crippen molar-refractivity contribution in [3.05, 3.63) is 35.4 Å². The van der Waals surface area contributed by atoms with Gasteiger partial charge in [-0.15, -0.1) is 0 Å². The lowest BCUT2D eigenvalue weighted by molar-refractivity contribution is -0.124. The van der Waals surface area contributed by atoms with Gasteiger partial charge < -0.3 is 10.1 Å². The minimum absolute atomic E-state index is 0.0166. The maximum Gasteiger partial charge on any atom is 0.240 e. The molecule has 27 heavy (non-hydrogen) atoms. The van der Waals surface area contributed by atoms with Crippen LogP contribution < -0.4 is 10.2 Å². The highest BCUT2D eigenvalue weighted by atomic mass is 35.5. The highest BCUT2D eigenvalue weighted by Crippen LogP contribution is 2.28. The third kappa shape index (κ3) is 3.99. The van der Waals surface area contributed by atoms with Gasteiger partial charge in [-0.25, -0.2) is 4.68 Å². The molecule has 4 rings (SSSR count). The van der Waals surface area contributed by atoms with E-state index in [4.69, 9.17) is 16.3 Å². The van der Waals surface area contributed by atoms with E-state index in [1.807, 2.05) is 18.2 Å². The van der Waals surface area contributed by atoms with Crippen molar-refractivity contribution in [2.75, 3.05) is 24.6 Å². The first-order valence-corrected chi connectivity index (χ1v) is 9.50. The lowest BCUT2D eigenvalue weighted by Gasteiger charge is -2.27. The highest BCUT2D eigenvalue weighted by molar-refractivity contribution is 6.30. The molecule has 0 saturated carbocycles. The maximum atomic E-state index is 12.4. The normalized spacial score (nSPS) is 19.2. The minimum Gasteiger partial charge on any atom is -0.376 e. The summed E-state index contributed by atoms with van der Waals surface area (Å²) in [5.41, 5.74) is 1.66. The van der Waals surface area contributed by atoms with E-state index in [-0.39, 0.29) is 24.5 Å². The minimum atomic E-state index is -0.193. The second kappa shape index (κ2) is 7.70. The first-order valence-electron chi connectivity index (χ1n) is 9.12. The monoisotopic (exact) mass is 388 g/mol. The summed E-state index contributed by atoms with van der Waals surface area (Å²) >= 11 is 5.94.